The molecule has 0 spiro atoms. The molecule has 0 heterocycles. The third-order valence-corrected chi connectivity index (χ3v) is 2.06. The van der Waals surface area contributed by atoms with E-state index in [4.69, 9.17) is 11.0 Å². The Morgan fingerprint density at radius 1 is 0.929 bits per heavy atom. The van der Waals surface area contributed by atoms with Crippen LogP contribution < -0.4 is 11.5 Å². The number of nitrogens with two attached hydrogens (primary N) is 2. The summed E-state index contributed by atoms with van der Waals surface area (Å²) >= 11 is 0. The minimum Gasteiger partial charge on any atom is -0.337 e. The fraction of sp³-hybridized carbons (Fsp3) is 0.909. The van der Waals surface area contributed by atoms with Crippen LogP contribution in [0.25, 0.3) is 0 Å². The fourth-order valence-electron chi connectivity index (χ4n) is 1.28. The van der Waals surface area contributed by atoms with Crippen molar-refractivity contribution >= 4 is 0 Å². The first-order valence-electron chi connectivity index (χ1n) is 5.63. The van der Waals surface area contributed by atoms with Gasteiger partial charge in [0.15, 0.2) is 6.19 Å². The van der Waals surface area contributed by atoms with E-state index in [0.717, 1.165) is 6.54 Å². The minimum atomic E-state index is 0.870. The Morgan fingerprint density at radius 2 is 1.29 bits per heavy atom. The van der Waals surface area contributed by atoms with Gasteiger partial charge in [0, 0.05) is 0 Å². The molecule has 0 aliphatic carbocycles. The van der Waals surface area contributed by atoms with Crippen molar-refractivity contribution < 1.29 is 0 Å². The van der Waals surface area contributed by atoms with Crippen LogP contribution in [0, 0.1) is 11.5 Å². The fourth-order valence-corrected chi connectivity index (χ4v) is 1.28. The van der Waals surface area contributed by atoms with E-state index in [0.29, 0.717) is 0 Å². The lowest BCUT2D eigenvalue weighted by Gasteiger charge is -1.99. The van der Waals surface area contributed by atoms with E-state index in [1.807, 2.05) is 0 Å². The highest BCUT2D eigenvalue weighted by molar-refractivity contribution is 4.47. The molecule has 0 aromatic carbocycles. The van der Waals surface area contributed by atoms with E-state index >= 15 is 0 Å². The van der Waals surface area contributed by atoms with Crippen LogP contribution in [-0.2, 0) is 0 Å². The van der Waals surface area contributed by atoms with Gasteiger partial charge in [-0.2, -0.15) is 5.26 Å². The Morgan fingerprint density at radius 3 is 1.64 bits per heavy atom. The van der Waals surface area contributed by atoms with Crippen LogP contribution in [0.4, 0.5) is 0 Å². The molecule has 0 aliphatic heterocycles. The van der Waals surface area contributed by atoms with Crippen molar-refractivity contribution in [2.24, 2.45) is 11.5 Å². The second-order valence-corrected chi connectivity index (χ2v) is 3.39. The van der Waals surface area contributed by atoms with Crippen LogP contribution >= 0.6 is 0 Å². The van der Waals surface area contributed by atoms with Gasteiger partial charge in [0.05, 0.1) is 0 Å². The topological polar surface area (TPSA) is 75.8 Å². The highest BCUT2D eigenvalue weighted by Gasteiger charge is 1.89. The Hall–Kier alpha value is -0.750. The van der Waals surface area contributed by atoms with E-state index in [9.17, 15) is 0 Å². The molecule has 0 fully saturated rings. The molecule has 3 nitrogen and oxygen atoms in total. The molecule has 0 bridgehead atoms. The van der Waals surface area contributed by atoms with E-state index < -0.39 is 0 Å². The second kappa shape index (κ2) is 18.1. The molecule has 14 heavy (non-hydrogen) atoms. The summed E-state index contributed by atoms with van der Waals surface area (Å²) in [6.07, 6.45) is 12.2. The van der Waals surface area contributed by atoms with Gasteiger partial charge < -0.3 is 11.5 Å². The van der Waals surface area contributed by atoms with Crippen LogP contribution in [0.1, 0.15) is 58.3 Å². The molecule has 0 atom stereocenters. The monoisotopic (exact) mass is 199 g/mol. The molecule has 0 amide bonds. The SMILES string of the molecule is CCCCCCCCCCN.N#CN. The van der Waals surface area contributed by atoms with Crippen molar-refractivity contribution in [2.45, 2.75) is 58.3 Å². The predicted molar refractivity (Wildman–Crippen MR) is 61.5 cm³/mol. The zero-order valence-electron chi connectivity index (χ0n) is 9.47. The van der Waals surface area contributed by atoms with Crippen molar-refractivity contribution in [3.8, 4) is 6.19 Å². The Kier molecular flexibility index (Phi) is 20.3. The van der Waals surface area contributed by atoms with Gasteiger partial charge in [-0.1, -0.05) is 51.9 Å². The normalized spacial score (nSPS) is 8.64. The summed E-state index contributed by atoms with van der Waals surface area (Å²) in [5, 5.41) is 7.10. The molecule has 4 N–H and O–H groups in total. The summed E-state index contributed by atoms with van der Waals surface area (Å²) in [6, 6.07) is 0. The molecular formula is C11H25N3. The van der Waals surface area contributed by atoms with Gasteiger partial charge in [0.2, 0.25) is 0 Å². The van der Waals surface area contributed by atoms with Crippen molar-refractivity contribution in [3.05, 3.63) is 0 Å². The van der Waals surface area contributed by atoms with Crippen molar-refractivity contribution in [1.29, 1.82) is 5.26 Å². The van der Waals surface area contributed by atoms with Crippen LogP contribution in [-0.4, -0.2) is 6.54 Å². The minimum absolute atomic E-state index is 0.870. The molecule has 0 saturated carbocycles. The number of hydrogen-bond donors (Lipinski definition) is 2. The summed E-state index contributed by atoms with van der Waals surface area (Å²) in [7, 11) is 0. The Labute approximate surface area is 88.5 Å². The van der Waals surface area contributed by atoms with Crippen LogP contribution in [0.2, 0.25) is 0 Å². The second-order valence-electron chi connectivity index (χ2n) is 3.39. The summed E-state index contributed by atoms with van der Waals surface area (Å²) in [5.74, 6) is 0. The zero-order chi connectivity index (χ0) is 11.1. The summed E-state index contributed by atoms with van der Waals surface area (Å²) in [6.45, 7) is 3.13. The number of rotatable bonds is 8. The van der Waals surface area contributed by atoms with Gasteiger partial charge in [-0.05, 0) is 13.0 Å². The summed E-state index contributed by atoms with van der Waals surface area (Å²) in [4.78, 5) is 0. The Balaban J connectivity index is 0. The van der Waals surface area contributed by atoms with E-state index in [1.54, 1.807) is 0 Å². The largest absolute Gasteiger partial charge is 0.337 e. The van der Waals surface area contributed by atoms with Crippen molar-refractivity contribution in [3.63, 3.8) is 0 Å². The van der Waals surface area contributed by atoms with Gasteiger partial charge in [-0.15, -0.1) is 0 Å². The van der Waals surface area contributed by atoms with Gasteiger partial charge in [-0.3, -0.25) is 0 Å². The molecule has 84 valence electrons. The first kappa shape index (κ1) is 15.7. The quantitative estimate of drug-likeness (QED) is 0.358. The lowest BCUT2D eigenvalue weighted by Crippen LogP contribution is -1.97. The highest BCUT2D eigenvalue weighted by Crippen LogP contribution is 2.07. The molecule has 3 heteroatoms. The number of unbranched alkanes of at least 4 members (excludes halogenated alkanes) is 7. The molecule has 0 saturated heterocycles. The van der Waals surface area contributed by atoms with E-state index in [1.165, 1.54) is 57.6 Å². The first-order chi connectivity index (χ1) is 6.83. The van der Waals surface area contributed by atoms with Crippen molar-refractivity contribution in [2.75, 3.05) is 6.54 Å². The highest BCUT2D eigenvalue weighted by atomic mass is 14.5. The zero-order valence-corrected chi connectivity index (χ0v) is 9.47. The maximum absolute atomic E-state index is 7.10. The molecular weight excluding hydrogens is 174 g/mol. The van der Waals surface area contributed by atoms with E-state index in [-0.39, 0.29) is 0 Å². The van der Waals surface area contributed by atoms with Gasteiger partial charge in [-0.25, -0.2) is 0 Å². The Bertz CT molecular complexity index is 110. The van der Waals surface area contributed by atoms with Crippen LogP contribution in [0.15, 0.2) is 0 Å². The predicted octanol–water partition coefficient (Wildman–Crippen LogP) is 2.51. The average molecular weight is 199 g/mol. The molecule has 0 aromatic heterocycles. The van der Waals surface area contributed by atoms with Crippen LogP contribution in [0.5, 0.6) is 0 Å². The van der Waals surface area contributed by atoms with Crippen molar-refractivity contribution in [1.82, 2.24) is 0 Å². The molecule has 0 aromatic rings. The average Bonchev–Trinajstić information content (AvgIpc) is 2.18. The number of nitriles is 1. The maximum Gasteiger partial charge on any atom is 0.173 e. The van der Waals surface area contributed by atoms with Gasteiger partial charge >= 0.3 is 0 Å². The standard InChI is InChI=1S/C10H23N.CH2N2/c1-2-3-4-5-6-7-8-9-10-11;2-1-3/h2-11H2,1H3;2H2. The summed E-state index contributed by atoms with van der Waals surface area (Å²) < 4.78 is 0. The summed E-state index contributed by atoms with van der Waals surface area (Å²) in [5.41, 5.74) is 9.54. The maximum atomic E-state index is 7.10. The number of hydrogen-bond acceptors (Lipinski definition) is 3. The third-order valence-electron chi connectivity index (χ3n) is 2.06. The molecule has 0 unspecified atom stereocenters. The van der Waals surface area contributed by atoms with E-state index in [2.05, 4.69) is 12.7 Å². The third kappa shape index (κ3) is 22.5. The van der Waals surface area contributed by atoms with Crippen LogP contribution in [0.3, 0.4) is 0 Å². The number of nitrogens with zero attached hydrogens (tertiary/aromatic N) is 1. The van der Waals surface area contributed by atoms with Gasteiger partial charge in [0.1, 0.15) is 0 Å². The lowest BCUT2D eigenvalue weighted by atomic mass is 10.1. The lowest BCUT2D eigenvalue weighted by molar-refractivity contribution is 0.578. The van der Waals surface area contributed by atoms with Gasteiger partial charge in [0.25, 0.3) is 0 Å². The first-order valence-corrected chi connectivity index (χ1v) is 5.63. The molecule has 0 aliphatic rings. The smallest absolute Gasteiger partial charge is 0.173 e. The molecule has 0 radical (unpaired) electrons. The molecule has 0 rings (SSSR count).